The topological polar surface area (TPSA) is 96.4 Å². The number of para-hydroxylation sites is 1. The highest BCUT2D eigenvalue weighted by molar-refractivity contribution is 6.14. The van der Waals surface area contributed by atoms with Crippen LogP contribution in [0.5, 0.6) is 5.75 Å². The molecule has 1 fully saturated rings. The first-order valence-corrected chi connectivity index (χ1v) is 12.2. The number of rotatable bonds is 6. The summed E-state index contributed by atoms with van der Waals surface area (Å²) < 4.78 is 7.00. The minimum absolute atomic E-state index is 0.0298. The van der Waals surface area contributed by atoms with Crippen LogP contribution in [-0.4, -0.2) is 33.7 Å². The number of aromatic nitrogens is 2. The third-order valence-electron chi connectivity index (χ3n) is 6.61. The molecule has 0 unspecified atom stereocenters. The normalized spacial score (nSPS) is 14.3. The van der Waals surface area contributed by atoms with Gasteiger partial charge in [-0.25, -0.2) is 9.48 Å². The molecule has 192 valence electrons. The van der Waals surface area contributed by atoms with Crippen molar-refractivity contribution in [1.29, 1.82) is 0 Å². The van der Waals surface area contributed by atoms with Crippen molar-refractivity contribution in [2.45, 2.75) is 27.3 Å². The summed E-state index contributed by atoms with van der Waals surface area (Å²) >= 11 is 0. The largest absolute Gasteiger partial charge is 0.496 e. The van der Waals surface area contributed by atoms with Crippen LogP contribution in [0.1, 0.15) is 27.8 Å². The van der Waals surface area contributed by atoms with Crippen molar-refractivity contribution in [3.8, 4) is 22.7 Å². The first-order valence-electron chi connectivity index (χ1n) is 12.2. The number of carbonyl (C=O) groups is 2. The van der Waals surface area contributed by atoms with Gasteiger partial charge in [0.2, 0.25) is 0 Å². The summed E-state index contributed by atoms with van der Waals surface area (Å²) in [6, 6.07) is 20.2. The van der Waals surface area contributed by atoms with Gasteiger partial charge in [-0.05, 0) is 56.2 Å². The minimum atomic E-state index is -0.536. The molecule has 1 aliphatic heterocycles. The van der Waals surface area contributed by atoms with Crippen LogP contribution < -0.4 is 15.6 Å². The zero-order valence-electron chi connectivity index (χ0n) is 21.7. The standard InChI is InChI=1S/C30H28N4O4/c1-18-9-12-21(13-10-18)17-33-29(36)24(31-30(33)37)16-23-27(22-7-5-6-8-26(22)38-4)32-34(28(23)35)25-14-11-19(2)15-20(25)3/h5-16,32H,17H2,1-4H3,(H,31,37)/b24-16-. The van der Waals surface area contributed by atoms with Gasteiger partial charge in [0.25, 0.3) is 11.5 Å². The quantitative estimate of drug-likeness (QED) is 0.287. The van der Waals surface area contributed by atoms with E-state index in [4.69, 9.17) is 4.74 Å². The number of aryl methyl sites for hydroxylation is 3. The van der Waals surface area contributed by atoms with Crippen molar-refractivity contribution in [2.24, 2.45) is 0 Å². The first kappa shape index (κ1) is 24.8. The van der Waals surface area contributed by atoms with E-state index in [0.29, 0.717) is 22.7 Å². The molecule has 1 saturated heterocycles. The van der Waals surface area contributed by atoms with Crippen LogP contribution in [0, 0.1) is 20.8 Å². The molecule has 0 aliphatic carbocycles. The molecule has 0 atom stereocenters. The lowest BCUT2D eigenvalue weighted by Gasteiger charge is -2.11. The first-order chi connectivity index (χ1) is 18.3. The van der Waals surface area contributed by atoms with E-state index >= 15 is 0 Å². The monoisotopic (exact) mass is 508 g/mol. The fourth-order valence-electron chi connectivity index (χ4n) is 4.60. The highest BCUT2D eigenvalue weighted by Gasteiger charge is 2.34. The number of methoxy groups -OCH3 is 1. The Morgan fingerprint density at radius 2 is 1.61 bits per heavy atom. The highest BCUT2D eigenvalue weighted by atomic mass is 16.5. The lowest BCUT2D eigenvalue weighted by atomic mass is 10.1. The van der Waals surface area contributed by atoms with Crippen LogP contribution >= 0.6 is 0 Å². The van der Waals surface area contributed by atoms with Gasteiger partial charge >= 0.3 is 6.03 Å². The number of carbonyl (C=O) groups excluding carboxylic acids is 2. The molecule has 3 amide bonds. The fourth-order valence-corrected chi connectivity index (χ4v) is 4.60. The minimum Gasteiger partial charge on any atom is -0.496 e. The van der Waals surface area contributed by atoms with Gasteiger partial charge in [-0.15, -0.1) is 0 Å². The second kappa shape index (κ2) is 9.89. The summed E-state index contributed by atoms with van der Waals surface area (Å²) in [5.74, 6) is 0.0594. The van der Waals surface area contributed by atoms with E-state index < -0.39 is 11.9 Å². The number of urea groups is 1. The maximum absolute atomic E-state index is 13.8. The summed E-state index contributed by atoms with van der Waals surface area (Å²) in [4.78, 5) is 40.9. The molecule has 2 heterocycles. The Hall–Kier alpha value is -4.85. The van der Waals surface area contributed by atoms with Crippen molar-refractivity contribution in [1.82, 2.24) is 20.0 Å². The molecule has 5 rings (SSSR count). The van der Waals surface area contributed by atoms with E-state index in [0.717, 1.165) is 27.2 Å². The number of benzene rings is 3. The fraction of sp³-hybridized carbons (Fsp3) is 0.167. The smallest absolute Gasteiger partial charge is 0.329 e. The summed E-state index contributed by atoms with van der Waals surface area (Å²) in [6.45, 7) is 6.02. The number of nitrogens with one attached hydrogen (secondary N) is 2. The number of ether oxygens (including phenoxy) is 1. The van der Waals surface area contributed by atoms with E-state index in [1.807, 2.05) is 81.4 Å². The zero-order chi connectivity index (χ0) is 27.0. The molecule has 0 radical (unpaired) electrons. The molecule has 0 saturated carbocycles. The Balaban J connectivity index is 1.62. The molecule has 3 aromatic carbocycles. The number of nitrogens with zero attached hydrogens (tertiary/aromatic N) is 2. The van der Waals surface area contributed by atoms with Gasteiger partial charge in [-0.1, -0.05) is 59.7 Å². The lowest BCUT2D eigenvalue weighted by molar-refractivity contribution is -0.123. The Morgan fingerprint density at radius 3 is 2.32 bits per heavy atom. The number of aromatic amines is 1. The average molecular weight is 509 g/mol. The maximum atomic E-state index is 13.8. The van der Waals surface area contributed by atoms with Crippen LogP contribution in [0.25, 0.3) is 23.0 Å². The van der Waals surface area contributed by atoms with E-state index in [1.54, 1.807) is 13.2 Å². The van der Waals surface area contributed by atoms with Gasteiger partial charge in [-0.3, -0.25) is 19.6 Å². The Bertz CT molecular complexity index is 1640. The van der Waals surface area contributed by atoms with E-state index in [2.05, 4.69) is 10.4 Å². The van der Waals surface area contributed by atoms with Gasteiger partial charge in [0, 0.05) is 5.56 Å². The van der Waals surface area contributed by atoms with Gasteiger partial charge in [0.05, 0.1) is 30.6 Å². The van der Waals surface area contributed by atoms with Crippen molar-refractivity contribution >= 4 is 18.0 Å². The predicted molar refractivity (Wildman–Crippen MR) is 146 cm³/mol. The Labute approximate surface area is 220 Å². The van der Waals surface area contributed by atoms with Gasteiger partial charge < -0.3 is 10.1 Å². The van der Waals surface area contributed by atoms with Crippen LogP contribution in [0.2, 0.25) is 0 Å². The molecule has 1 aromatic heterocycles. The van der Waals surface area contributed by atoms with E-state index in [1.165, 1.54) is 10.8 Å². The Morgan fingerprint density at radius 1 is 0.895 bits per heavy atom. The number of imide groups is 1. The molecule has 8 nitrogen and oxygen atoms in total. The van der Waals surface area contributed by atoms with Crippen molar-refractivity contribution in [3.63, 3.8) is 0 Å². The predicted octanol–water partition coefficient (Wildman–Crippen LogP) is 4.86. The molecule has 2 N–H and O–H groups in total. The van der Waals surface area contributed by atoms with E-state index in [-0.39, 0.29) is 23.4 Å². The third-order valence-corrected chi connectivity index (χ3v) is 6.61. The van der Waals surface area contributed by atoms with Crippen molar-refractivity contribution in [3.05, 3.63) is 111 Å². The lowest BCUT2D eigenvalue weighted by Crippen LogP contribution is -2.30. The molecule has 38 heavy (non-hydrogen) atoms. The number of amides is 3. The molecule has 1 aliphatic rings. The van der Waals surface area contributed by atoms with Gasteiger partial charge in [0.1, 0.15) is 11.4 Å². The molecule has 0 spiro atoms. The van der Waals surface area contributed by atoms with Crippen LogP contribution in [0.4, 0.5) is 4.79 Å². The van der Waals surface area contributed by atoms with Crippen LogP contribution in [0.3, 0.4) is 0 Å². The highest BCUT2D eigenvalue weighted by Crippen LogP contribution is 2.32. The summed E-state index contributed by atoms with van der Waals surface area (Å²) in [7, 11) is 1.56. The molecule has 8 heteroatoms. The zero-order valence-corrected chi connectivity index (χ0v) is 21.7. The SMILES string of the molecule is COc1ccccc1-c1[nH]n(-c2ccc(C)cc2C)c(=O)c1/C=C1\NC(=O)N(Cc2ccc(C)cc2)C1=O. The molecular formula is C30H28N4O4. The van der Waals surface area contributed by atoms with Crippen LogP contribution in [-0.2, 0) is 11.3 Å². The van der Waals surface area contributed by atoms with Crippen molar-refractivity contribution < 1.29 is 14.3 Å². The van der Waals surface area contributed by atoms with E-state index in [9.17, 15) is 14.4 Å². The summed E-state index contributed by atoms with van der Waals surface area (Å²) in [6.07, 6.45) is 1.44. The second-order valence-electron chi connectivity index (χ2n) is 9.40. The van der Waals surface area contributed by atoms with Gasteiger partial charge in [-0.2, -0.15) is 0 Å². The van der Waals surface area contributed by atoms with Gasteiger partial charge in [0.15, 0.2) is 0 Å². The number of H-pyrrole nitrogens is 1. The van der Waals surface area contributed by atoms with Crippen molar-refractivity contribution in [2.75, 3.05) is 7.11 Å². The molecule has 0 bridgehead atoms. The molecule has 4 aromatic rings. The number of hydrogen-bond acceptors (Lipinski definition) is 4. The Kier molecular flexibility index (Phi) is 6.46. The average Bonchev–Trinajstić information content (AvgIpc) is 3.36. The summed E-state index contributed by atoms with van der Waals surface area (Å²) in [5, 5.41) is 5.86. The molecular weight excluding hydrogens is 480 g/mol. The number of hydrogen-bond donors (Lipinski definition) is 2. The van der Waals surface area contributed by atoms with Crippen LogP contribution in [0.15, 0.2) is 77.2 Å². The third kappa shape index (κ3) is 4.52. The summed E-state index contributed by atoms with van der Waals surface area (Å²) in [5.41, 5.74) is 5.61. The maximum Gasteiger partial charge on any atom is 0.329 e. The second-order valence-corrected chi connectivity index (χ2v) is 9.40.